The van der Waals surface area contributed by atoms with Crippen molar-refractivity contribution in [2.24, 2.45) is 7.05 Å². The van der Waals surface area contributed by atoms with Crippen molar-refractivity contribution in [3.63, 3.8) is 0 Å². The third kappa shape index (κ3) is 4.47. The number of amides is 1. The van der Waals surface area contributed by atoms with Crippen molar-refractivity contribution in [2.75, 3.05) is 18.0 Å². The average molecular weight is 515 g/mol. The molecule has 11 heteroatoms. The molecule has 4 aromatic heterocycles. The summed E-state index contributed by atoms with van der Waals surface area (Å²) in [6, 6.07) is 8.28. The lowest BCUT2D eigenvalue weighted by Gasteiger charge is -2.34. The van der Waals surface area contributed by atoms with Gasteiger partial charge in [-0.1, -0.05) is 11.3 Å². The summed E-state index contributed by atoms with van der Waals surface area (Å²) in [5.41, 5.74) is 1.83. The van der Waals surface area contributed by atoms with Crippen LogP contribution >= 0.6 is 11.3 Å². The van der Waals surface area contributed by atoms with Crippen LogP contribution in [0.1, 0.15) is 23.2 Å². The monoisotopic (exact) mass is 514 g/mol. The maximum absolute atomic E-state index is 15.4. The van der Waals surface area contributed by atoms with E-state index in [1.54, 1.807) is 65.0 Å². The van der Waals surface area contributed by atoms with Gasteiger partial charge >= 0.3 is 0 Å². The smallest absolute Gasteiger partial charge is 0.262 e. The molecule has 0 aliphatic carbocycles. The molecule has 9 nitrogen and oxygen atoms in total. The number of carbonyl (C=O) groups is 1. The molecule has 1 aliphatic heterocycles. The second kappa shape index (κ2) is 9.75. The van der Waals surface area contributed by atoms with Gasteiger partial charge in [0.1, 0.15) is 17.3 Å². The zero-order valence-corrected chi connectivity index (χ0v) is 20.8. The number of thiophene rings is 1. The minimum Gasteiger partial charge on any atom is -0.315 e. The van der Waals surface area contributed by atoms with Gasteiger partial charge in [-0.2, -0.15) is 0 Å². The van der Waals surface area contributed by atoms with E-state index < -0.39 is 11.7 Å². The number of hydrogen-bond donors (Lipinski definition) is 1. The molecule has 5 heterocycles. The zero-order valence-electron chi connectivity index (χ0n) is 20.0. The third-order valence-electron chi connectivity index (χ3n) is 6.42. The molecule has 1 fully saturated rings. The number of rotatable bonds is 5. The van der Waals surface area contributed by atoms with E-state index in [1.165, 1.54) is 12.1 Å². The van der Waals surface area contributed by atoms with E-state index >= 15 is 4.39 Å². The van der Waals surface area contributed by atoms with Crippen LogP contribution in [0.15, 0.2) is 61.3 Å². The van der Waals surface area contributed by atoms with Crippen LogP contribution in [0.3, 0.4) is 0 Å². The average Bonchev–Trinajstić information content (AvgIpc) is 3.57. The van der Waals surface area contributed by atoms with Crippen LogP contribution in [0.4, 0.5) is 10.2 Å². The van der Waals surface area contributed by atoms with Gasteiger partial charge < -0.3 is 5.32 Å². The number of halogens is 1. The Bertz CT molecular complexity index is 1580. The van der Waals surface area contributed by atoms with Gasteiger partial charge in [0, 0.05) is 47.8 Å². The molecule has 186 valence electrons. The molecule has 37 heavy (non-hydrogen) atoms. The predicted molar refractivity (Wildman–Crippen MR) is 140 cm³/mol. The van der Waals surface area contributed by atoms with Crippen LogP contribution in [-0.2, 0) is 7.05 Å². The minimum atomic E-state index is -0.611. The first kappa shape index (κ1) is 23.3. The van der Waals surface area contributed by atoms with Gasteiger partial charge in [-0.25, -0.2) is 9.37 Å². The first-order valence-electron chi connectivity index (χ1n) is 11.9. The molecule has 0 unspecified atom stereocenters. The zero-order chi connectivity index (χ0) is 25.4. The van der Waals surface area contributed by atoms with Crippen LogP contribution in [0.25, 0.3) is 31.9 Å². The standard InChI is InChI=1S/C26H23FN8OS/c1-34-15-22(32-33-34)16-4-5-18(20(27)11-16)26(36)35(17-3-2-7-28-13-17)25-19-12-24(21-14-29-9-10-30-21)37-23(19)6-8-31-25/h4-6,8-12,14-15,17,28H,2-3,7,13H2,1H3/t17-/m1/s1. The number of carbonyl (C=O) groups excluding carboxylic acids is 1. The van der Waals surface area contributed by atoms with Crippen molar-refractivity contribution in [1.82, 2.24) is 35.3 Å². The Morgan fingerprint density at radius 1 is 1.16 bits per heavy atom. The fourth-order valence-electron chi connectivity index (χ4n) is 4.64. The highest BCUT2D eigenvalue weighted by Gasteiger charge is 2.32. The SMILES string of the molecule is Cn1cc(-c2ccc(C(=O)N(c3nccc4sc(-c5cnccn5)cc34)[C@@H]3CCCNC3)c(F)c2)nn1. The van der Waals surface area contributed by atoms with Crippen molar-refractivity contribution in [3.05, 3.63) is 72.7 Å². The Balaban J connectivity index is 1.43. The molecule has 0 spiro atoms. The second-order valence-corrected chi connectivity index (χ2v) is 9.98. The summed E-state index contributed by atoms with van der Waals surface area (Å²) in [5.74, 6) is -0.524. The number of fused-ring (bicyclic) bond motifs is 1. The van der Waals surface area contributed by atoms with E-state index in [0.29, 0.717) is 23.6 Å². The highest BCUT2D eigenvalue weighted by Crippen LogP contribution is 2.38. The predicted octanol–water partition coefficient (Wildman–Crippen LogP) is 4.09. The molecule has 1 N–H and O–H groups in total. The fourth-order valence-corrected chi connectivity index (χ4v) is 5.65. The highest BCUT2D eigenvalue weighted by atomic mass is 32.1. The van der Waals surface area contributed by atoms with Crippen LogP contribution in [-0.4, -0.2) is 55.0 Å². The summed E-state index contributed by atoms with van der Waals surface area (Å²) in [4.78, 5) is 29.8. The maximum Gasteiger partial charge on any atom is 0.262 e. The van der Waals surface area contributed by atoms with E-state index in [2.05, 4.69) is 30.6 Å². The van der Waals surface area contributed by atoms with Gasteiger partial charge in [-0.05, 0) is 43.7 Å². The van der Waals surface area contributed by atoms with Gasteiger partial charge in [0.15, 0.2) is 0 Å². The van der Waals surface area contributed by atoms with Crippen LogP contribution < -0.4 is 10.2 Å². The lowest BCUT2D eigenvalue weighted by Crippen LogP contribution is -2.49. The van der Waals surface area contributed by atoms with Crippen molar-refractivity contribution in [2.45, 2.75) is 18.9 Å². The minimum absolute atomic E-state index is 0.0126. The largest absolute Gasteiger partial charge is 0.315 e. The van der Waals surface area contributed by atoms with Gasteiger partial charge in [0.05, 0.1) is 34.6 Å². The van der Waals surface area contributed by atoms with Gasteiger partial charge in [-0.15, -0.1) is 16.4 Å². The number of hydrogen-bond acceptors (Lipinski definition) is 8. The number of nitrogens with one attached hydrogen (secondary N) is 1. The molecule has 0 bridgehead atoms. The highest BCUT2D eigenvalue weighted by molar-refractivity contribution is 7.22. The second-order valence-electron chi connectivity index (χ2n) is 8.90. The van der Waals surface area contributed by atoms with Crippen molar-refractivity contribution >= 4 is 33.1 Å². The van der Waals surface area contributed by atoms with Gasteiger partial charge in [-0.3, -0.25) is 24.3 Å². The Morgan fingerprint density at radius 3 is 2.81 bits per heavy atom. The Labute approximate surface area is 216 Å². The summed E-state index contributed by atoms with van der Waals surface area (Å²) < 4.78 is 17.9. The van der Waals surface area contributed by atoms with Crippen molar-refractivity contribution < 1.29 is 9.18 Å². The molecule has 0 radical (unpaired) electrons. The topological polar surface area (TPSA) is 102 Å². The molecular formula is C26H23FN8OS. The number of nitrogens with zero attached hydrogens (tertiary/aromatic N) is 7. The normalized spacial score (nSPS) is 15.7. The summed E-state index contributed by atoms with van der Waals surface area (Å²) in [5, 5.41) is 12.1. The Kier molecular flexibility index (Phi) is 6.15. The van der Waals surface area contributed by atoms with E-state index in [4.69, 9.17) is 0 Å². The van der Waals surface area contributed by atoms with E-state index in [1.807, 2.05) is 12.1 Å². The first-order valence-corrected chi connectivity index (χ1v) is 12.8. The lowest BCUT2D eigenvalue weighted by molar-refractivity contribution is 0.0968. The number of benzene rings is 1. The number of anilines is 1. The summed E-state index contributed by atoms with van der Waals surface area (Å²) in [7, 11) is 1.74. The lowest BCUT2D eigenvalue weighted by atomic mass is 10.0. The van der Waals surface area contributed by atoms with Gasteiger partial charge in [0.2, 0.25) is 0 Å². The maximum atomic E-state index is 15.4. The molecule has 0 saturated carbocycles. The van der Waals surface area contributed by atoms with Crippen molar-refractivity contribution in [1.29, 1.82) is 0 Å². The van der Waals surface area contributed by atoms with Gasteiger partial charge in [0.25, 0.3) is 5.91 Å². The molecule has 1 amide bonds. The first-order chi connectivity index (χ1) is 18.1. The molecule has 6 rings (SSSR count). The number of aryl methyl sites for hydroxylation is 1. The summed E-state index contributed by atoms with van der Waals surface area (Å²) in [6.45, 7) is 1.48. The Hall–Kier alpha value is -4.09. The third-order valence-corrected chi connectivity index (χ3v) is 7.54. The summed E-state index contributed by atoms with van der Waals surface area (Å²) in [6.07, 6.45) is 10.1. The molecule has 5 aromatic rings. The number of piperidine rings is 1. The molecule has 1 aromatic carbocycles. The Morgan fingerprint density at radius 2 is 2.08 bits per heavy atom. The quantitative estimate of drug-likeness (QED) is 0.377. The van der Waals surface area contributed by atoms with Crippen LogP contribution in [0, 0.1) is 5.82 Å². The number of aromatic nitrogens is 6. The van der Waals surface area contributed by atoms with E-state index in [-0.39, 0.29) is 11.6 Å². The fraction of sp³-hybridized carbons (Fsp3) is 0.231. The van der Waals surface area contributed by atoms with Crippen molar-refractivity contribution in [3.8, 4) is 21.8 Å². The molecule has 1 atom stereocenters. The molecule has 1 saturated heterocycles. The van der Waals surface area contributed by atoms with E-state index in [9.17, 15) is 4.79 Å². The summed E-state index contributed by atoms with van der Waals surface area (Å²) >= 11 is 1.56. The van der Waals surface area contributed by atoms with Crippen LogP contribution in [0.2, 0.25) is 0 Å². The molecule has 1 aliphatic rings. The molecular weight excluding hydrogens is 491 g/mol. The van der Waals surface area contributed by atoms with Crippen LogP contribution in [0.5, 0.6) is 0 Å². The number of pyridine rings is 1. The van der Waals surface area contributed by atoms with E-state index in [0.717, 1.165) is 40.0 Å².